The number of hydrogen-bond donors (Lipinski definition) is 2. The Balaban J connectivity index is 0.00000210. The van der Waals surface area contributed by atoms with Gasteiger partial charge in [-0.15, -0.1) is 24.8 Å². The standard InChI is InChI=1S/C21H32N4O2.2ClH/c22-15-20(26)24-13-9-19(10-14-24)25-12-4-7-18(16-25)21(27)23-11-8-17-5-2-1-3-6-17;;/h1-3,5-6,18-19H,4,7-16,22H2,(H,23,27);2*1H. The highest BCUT2D eigenvalue weighted by atomic mass is 35.5. The van der Waals surface area contributed by atoms with Crippen molar-refractivity contribution in [2.75, 3.05) is 39.3 Å². The highest BCUT2D eigenvalue weighted by molar-refractivity contribution is 5.85. The number of nitrogens with zero attached hydrogens (tertiary/aromatic N) is 2. The first kappa shape index (κ1) is 25.7. The molecule has 0 bridgehead atoms. The Morgan fingerprint density at radius 3 is 2.38 bits per heavy atom. The third-order valence-corrected chi connectivity index (χ3v) is 5.89. The van der Waals surface area contributed by atoms with Gasteiger partial charge in [0.25, 0.3) is 0 Å². The lowest BCUT2D eigenvalue weighted by molar-refractivity contribution is -0.131. The molecule has 2 heterocycles. The monoisotopic (exact) mass is 444 g/mol. The first-order valence-corrected chi connectivity index (χ1v) is 10.2. The summed E-state index contributed by atoms with van der Waals surface area (Å²) in [5, 5.41) is 3.12. The minimum atomic E-state index is 0. The molecule has 1 aromatic carbocycles. The minimum Gasteiger partial charge on any atom is -0.355 e. The average molecular weight is 445 g/mol. The van der Waals surface area contributed by atoms with Gasteiger partial charge in [0.15, 0.2) is 0 Å². The lowest BCUT2D eigenvalue weighted by Crippen LogP contribution is -2.52. The molecule has 0 spiro atoms. The Labute approximate surface area is 186 Å². The van der Waals surface area contributed by atoms with Crippen molar-refractivity contribution in [3.8, 4) is 0 Å². The molecule has 2 fully saturated rings. The summed E-state index contributed by atoms with van der Waals surface area (Å²) in [5.74, 6) is 0.312. The molecule has 3 rings (SSSR count). The molecule has 2 aliphatic rings. The molecule has 0 radical (unpaired) electrons. The van der Waals surface area contributed by atoms with Crippen LogP contribution in [0.2, 0.25) is 0 Å². The number of carbonyl (C=O) groups excluding carboxylic acids is 2. The lowest BCUT2D eigenvalue weighted by atomic mass is 9.93. The van der Waals surface area contributed by atoms with E-state index in [0.29, 0.717) is 12.6 Å². The number of amides is 2. The Bertz CT molecular complexity index is 624. The van der Waals surface area contributed by atoms with Gasteiger partial charge in [0.1, 0.15) is 0 Å². The van der Waals surface area contributed by atoms with Crippen molar-refractivity contribution in [2.24, 2.45) is 11.7 Å². The fourth-order valence-electron chi connectivity index (χ4n) is 4.28. The van der Waals surface area contributed by atoms with E-state index in [1.165, 1.54) is 5.56 Å². The number of likely N-dealkylation sites (tertiary alicyclic amines) is 2. The van der Waals surface area contributed by atoms with Crippen LogP contribution in [0.15, 0.2) is 30.3 Å². The van der Waals surface area contributed by atoms with E-state index in [0.717, 1.165) is 58.3 Å². The molecule has 0 aromatic heterocycles. The normalized spacial score (nSPS) is 20.3. The fraction of sp³-hybridized carbons (Fsp3) is 0.619. The average Bonchev–Trinajstić information content (AvgIpc) is 2.74. The molecular formula is C21H34Cl2N4O2. The van der Waals surface area contributed by atoms with Gasteiger partial charge in [0.2, 0.25) is 11.8 Å². The molecule has 29 heavy (non-hydrogen) atoms. The van der Waals surface area contributed by atoms with Crippen LogP contribution in [0.3, 0.4) is 0 Å². The second-order valence-electron chi connectivity index (χ2n) is 7.68. The van der Waals surface area contributed by atoms with Crippen LogP contribution >= 0.6 is 24.8 Å². The number of benzene rings is 1. The molecular weight excluding hydrogens is 411 g/mol. The van der Waals surface area contributed by atoms with Crippen molar-refractivity contribution >= 4 is 36.6 Å². The van der Waals surface area contributed by atoms with Gasteiger partial charge in [-0.2, -0.15) is 0 Å². The summed E-state index contributed by atoms with van der Waals surface area (Å²) in [7, 11) is 0. The predicted octanol–water partition coefficient (Wildman–Crippen LogP) is 1.85. The van der Waals surface area contributed by atoms with Gasteiger partial charge in [-0.05, 0) is 44.2 Å². The predicted molar refractivity (Wildman–Crippen MR) is 121 cm³/mol. The van der Waals surface area contributed by atoms with Crippen LogP contribution in [-0.4, -0.2) is 66.9 Å². The zero-order valence-corrected chi connectivity index (χ0v) is 18.6. The topological polar surface area (TPSA) is 78.7 Å². The number of rotatable bonds is 6. The van der Waals surface area contributed by atoms with Crippen LogP contribution in [0.5, 0.6) is 0 Å². The third-order valence-electron chi connectivity index (χ3n) is 5.89. The van der Waals surface area contributed by atoms with Gasteiger partial charge in [-0.1, -0.05) is 30.3 Å². The first-order valence-electron chi connectivity index (χ1n) is 10.2. The first-order chi connectivity index (χ1) is 13.2. The summed E-state index contributed by atoms with van der Waals surface area (Å²) < 4.78 is 0. The second-order valence-corrected chi connectivity index (χ2v) is 7.68. The summed E-state index contributed by atoms with van der Waals surface area (Å²) >= 11 is 0. The van der Waals surface area contributed by atoms with Crippen LogP contribution < -0.4 is 11.1 Å². The maximum atomic E-state index is 12.6. The Morgan fingerprint density at radius 2 is 1.72 bits per heavy atom. The molecule has 1 aromatic rings. The number of nitrogens with one attached hydrogen (secondary N) is 1. The van der Waals surface area contributed by atoms with E-state index in [1.54, 1.807) is 0 Å². The SMILES string of the molecule is Cl.Cl.NCC(=O)N1CCC(N2CCCC(C(=O)NCCc3ccccc3)C2)CC1. The highest BCUT2D eigenvalue weighted by Crippen LogP contribution is 2.24. The molecule has 1 unspecified atom stereocenters. The molecule has 2 saturated heterocycles. The van der Waals surface area contributed by atoms with Gasteiger partial charge in [-0.25, -0.2) is 0 Å². The summed E-state index contributed by atoms with van der Waals surface area (Å²) in [6.45, 7) is 4.25. The zero-order chi connectivity index (χ0) is 19.1. The zero-order valence-electron chi connectivity index (χ0n) is 16.9. The van der Waals surface area contributed by atoms with Crippen molar-refractivity contribution < 1.29 is 9.59 Å². The van der Waals surface area contributed by atoms with Gasteiger partial charge in [0.05, 0.1) is 12.5 Å². The summed E-state index contributed by atoms with van der Waals surface area (Å²) in [6, 6.07) is 10.7. The maximum Gasteiger partial charge on any atom is 0.236 e. The third kappa shape index (κ3) is 7.45. The van der Waals surface area contributed by atoms with E-state index in [-0.39, 0.29) is 49.1 Å². The second kappa shape index (κ2) is 13.1. The molecule has 0 aliphatic carbocycles. The molecule has 0 saturated carbocycles. The van der Waals surface area contributed by atoms with Gasteiger partial charge >= 0.3 is 0 Å². The van der Waals surface area contributed by atoms with Gasteiger partial charge < -0.3 is 16.0 Å². The molecule has 8 heteroatoms. The van der Waals surface area contributed by atoms with E-state index >= 15 is 0 Å². The van der Waals surface area contributed by atoms with E-state index in [4.69, 9.17) is 5.73 Å². The number of halogens is 2. The van der Waals surface area contributed by atoms with Crippen LogP contribution in [0.4, 0.5) is 0 Å². The maximum absolute atomic E-state index is 12.6. The van der Waals surface area contributed by atoms with Crippen LogP contribution in [0, 0.1) is 5.92 Å². The van der Waals surface area contributed by atoms with Crippen molar-refractivity contribution in [1.29, 1.82) is 0 Å². The highest BCUT2D eigenvalue weighted by Gasteiger charge is 2.32. The molecule has 3 N–H and O–H groups in total. The smallest absolute Gasteiger partial charge is 0.236 e. The van der Waals surface area contributed by atoms with E-state index in [1.807, 2.05) is 23.1 Å². The number of carbonyl (C=O) groups is 2. The summed E-state index contributed by atoms with van der Waals surface area (Å²) in [6.07, 6.45) is 4.87. The molecule has 2 aliphatic heterocycles. The summed E-state index contributed by atoms with van der Waals surface area (Å²) in [5.41, 5.74) is 6.71. The Kier molecular flexibility index (Phi) is 11.6. The molecule has 164 valence electrons. The lowest BCUT2D eigenvalue weighted by Gasteiger charge is -2.42. The molecule has 1 atom stereocenters. The minimum absolute atomic E-state index is 0. The quantitative estimate of drug-likeness (QED) is 0.701. The van der Waals surface area contributed by atoms with E-state index in [9.17, 15) is 9.59 Å². The van der Waals surface area contributed by atoms with Crippen LogP contribution in [-0.2, 0) is 16.0 Å². The number of piperidine rings is 2. The largest absolute Gasteiger partial charge is 0.355 e. The van der Waals surface area contributed by atoms with E-state index in [2.05, 4.69) is 22.3 Å². The van der Waals surface area contributed by atoms with Crippen molar-refractivity contribution in [3.05, 3.63) is 35.9 Å². The van der Waals surface area contributed by atoms with Gasteiger partial charge in [0, 0.05) is 32.2 Å². The fourth-order valence-corrected chi connectivity index (χ4v) is 4.28. The van der Waals surface area contributed by atoms with E-state index < -0.39 is 0 Å². The summed E-state index contributed by atoms with van der Waals surface area (Å²) in [4.78, 5) is 28.7. The molecule has 6 nitrogen and oxygen atoms in total. The number of hydrogen-bond acceptors (Lipinski definition) is 4. The van der Waals surface area contributed by atoms with Crippen LogP contribution in [0.25, 0.3) is 0 Å². The van der Waals surface area contributed by atoms with Crippen LogP contribution in [0.1, 0.15) is 31.2 Å². The van der Waals surface area contributed by atoms with Gasteiger partial charge in [-0.3, -0.25) is 14.5 Å². The molecule has 2 amide bonds. The van der Waals surface area contributed by atoms with Crippen molar-refractivity contribution in [2.45, 2.75) is 38.1 Å². The van der Waals surface area contributed by atoms with Crippen molar-refractivity contribution in [1.82, 2.24) is 15.1 Å². The van der Waals surface area contributed by atoms with Crippen molar-refractivity contribution in [3.63, 3.8) is 0 Å². The Hall–Kier alpha value is -1.34. The number of nitrogens with two attached hydrogens (primary N) is 1. The Morgan fingerprint density at radius 1 is 1.03 bits per heavy atom.